The number of carbonyl (C=O) groups is 1. The minimum Gasteiger partial charge on any atom is -0.465 e. The standard InChI is InChI=1S/C12H16N2O5S/c15-10(16)14-9-13-7-8(20-9)11(17)1-3-12(4-2-11)18-5-6-19-12/h7,17H,1-6H2,(H,13,14)(H,15,16). The normalized spacial score (nSPS) is 23.9. The van der Waals surface area contributed by atoms with Crippen LogP contribution in [0.4, 0.5) is 9.93 Å². The molecule has 1 spiro atoms. The molecule has 0 radical (unpaired) electrons. The Morgan fingerprint density at radius 3 is 2.55 bits per heavy atom. The van der Waals surface area contributed by atoms with E-state index in [1.807, 2.05) is 0 Å². The van der Waals surface area contributed by atoms with E-state index >= 15 is 0 Å². The molecule has 2 heterocycles. The van der Waals surface area contributed by atoms with E-state index in [9.17, 15) is 9.90 Å². The molecule has 1 saturated carbocycles. The van der Waals surface area contributed by atoms with Crippen LogP contribution < -0.4 is 5.32 Å². The highest BCUT2D eigenvalue weighted by Crippen LogP contribution is 2.46. The van der Waals surface area contributed by atoms with Crippen LogP contribution in [-0.2, 0) is 15.1 Å². The van der Waals surface area contributed by atoms with E-state index in [0.29, 0.717) is 43.8 Å². The van der Waals surface area contributed by atoms with Gasteiger partial charge in [-0.05, 0) is 12.8 Å². The molecule has 20 heavy (non-hydrogen) atoms. The summed E-state index contributed by atoms with van der Waals surface area (Å²) in [4.78, 5) is 15.2. The van der Waals surface area contributed by atoms with Crippen molar-refractivity contribution in [2.24, 2.45) is 0 Å². The summed E-state index contributed by atoms with van der Waals surface area (Å²) in [6, 6.07) is 0. The zero-order valence-corrected chi connectivity index (χ0v) is 11.6. The number of amides is 1. The SMILES string of the molecule is O=C(O)Nc1ncc(C2(O)CCC3(CC2)OCCO3)s1. The molecule has 3 rings (SSSR count). The van der Waals surface area contributed by atoms with Crippen LogP contribution in [0.25, 0.3) is 0 Å². The number of rotatable bonds is 2. The number of aromatic nitrogens is 1. The molecule has 7 nitrogen and oxygen atoms in total. The fourth-order valence-corrected chi connectivity index (χ4v) is 3.67. The second kappa shape index (κ2) is 4.96. The van der Waals surface area contributed by atoms with E-state index in [4.69, 9.17) is 14.6 Å². The molecule has 1 aromatic heterocycles. The summed E-state index contributed by atoms with van der Waals surface area (Å²) in [5.41, 5.74) is -0.976. The van der Waals surface area contributed by atoms with E-state index in [-0.39, 0.29) is 5.13 Å². The van der Waals surface area contributed by atoms with Gasteiger partial charge in [0.05, 0.1) is 18.1 Å². The van der Waals surface area contributed by atoms with E-state index in [0.717, 1.165) is 11.3 Å². The Bertz CT molecular complexity index is 502. The predicted octanol–water partition coefficient (Wildman–Crippen LogP) is 1.74. The van der Waals surface area contributed by atoms with Gasteiger partial charge >= 0.3 is 6.09 Å². The van der Waals surface area contributed by atoms with Gasteiger partial charge in [0.15, 0.2) is 10.9 Å². The largest absolute Gasteiger partial charge is 0.465 e. The average Bonchev–Trinajstić information content (AvgIpc) is 3.03. The molecular weight excluding hydrogens is 284 g/mol. The molecule has 0 atom stereocenters. The van der Waals surface area contributed by atoms with E-state index < -0.39 is 17.5 Å². The van der Waals surface area contributed by atoms with Gasteiger partial charge in [0.1, 0.15) is 5.60 Å². The van der Waals surface area contributed by atoms with Gasteiger partial charge in [-0.15, -0.1) is 0 Å². The van der Waals surface area contributed by atoms with Crippen LogP contribution in [-0.4, -0.2) is 40.3 Å². The molecular formula is C12H16N2O5S. The molecule has 1 saturated heterocycles. The molecule has 110 valence electrons. The fraction of sp³-hybridized carbons (Fsp3) is 0.667. The van der Waals surface area contributed by atoms with Crippen LogP contribution in [0.5, 0.6) is 0 Å². The molecule has 8 heteroatoms. The lowest BCUT2D eigenvalue weighted by atomic mass is 9.80. The summed E-state index contributed by atoms with van der Waals surface area (Å²) in [6.45, 7) is 1.21. The van der Waals surface area contributed by atoms with Crippen molar-refractivity contribution in [3.63, 3.8) is 0 Å². The third-order valence-corrected chi connectivity index (χ3v) is 4.94. The number of ether oxygens (including phenoxy) is 2. The molecule has 1 aliphatic carbocycles. The quantitative estimate of drug-likeness (QED) is 0.769. The zero-order valence-electron chi connectivity index (χ0n) is 10.8. The molecule has 2 aliphatic rings. The van der Waals surface area contributed by atoms with Crippen molar-refractivity contribution in [3.05, 3.63) is 11.1 Å². The van der Waals surface area contributed by atoms with Gasteiger partial charge < -0.3 is 19.7 Å². The predicted molar refractivity (Wildman–Crippen MR) is 70.8 cm³/mol. The van der Waals surface area contributed by atoms with Crippen molar-refractivity contribution in [3.8, 4) is 0 Å². The van der Waals surface area contributed by atoms with Crippen molar-refractivity contribution >= 4 is 22.6 Å². The van der Waals surface area contributed by atoms with Gasteiger partial charge in [-0.1, -0.05) is 11.3 Å². The van der Waals surface area contributed by atoms with Crippen molar-refractivity contribution in [1.29, 1.82) is 0 Å². The number of hydrogen-bond donors (Lipinski definition) is 3. The van der Waals surface area contributed by atoms with E-state index in [1.165, 1.54) is 6.20 Å². The van der Waals surface area contributed by atoms with Crippen LogP contribution in [0.15, 0.2) is 6.20 Å². The number of aliphatic hydroxyl groups is 1. The van der Waals surface area contributed by atoms with Crippen LogP contribution in [0, 0.1) is 0 Å². The minimum absolute atomic E-state index is 0.273. The van der Waals surface area contributed by atoms with Crippen molar-refractivity contribution < 1.29 is 24.5 Å². The number of anilines is 1. The fourth-order valence-electron chi connectivity index (χ4n) is 2.72. The molecule has 1 aliphatic heterocycles. The van der Waals surface area contributed by atoms with Gasteiger partial charge in [0.25, 0.3) is 0 Å². The molecule has 0 bridgehead atoms. The monoisotopic (exact) mass is 300 g/mol. The molecule has 2 fully saturated rings. The highest BCUT2D eigenvalue weighted by Gasteiger charge is 2.46. The maximum absolute atomic E-state index is 10.7. The molecule has 3 N–H and O–H groups in total. The summed E-state index contributed by atoms with van der Waals surface area (Å²) < 4.78 is 11.3. The lowest BCUT2D eigenvalue weighted by molar-refractivity contribution is -0.203. The summed E-state index contributed by atoms with van der Waals surface area (Å²) in [6.07, 6.45) is 2.66. The van der Waals surface area contributed by atoms with E-state index in [2.05, 4.69) is 10.3 Å². The summed E-state index contributed by atoms with van der Waals surface area (Å²) in [5, 5.41) is 21.8. The van der Waals surface area contributed by atoms with Crippen LogP contribution >= 0.6 is 11.3 Å². The highest BCUT2D eigenvalue weighted by molar-refractivity contribution is 7.15. The lowest BCUT2D eigenvalue weighted by Crippen LogP contribution is -2.41. The Morgan fingerprint density at radius 1 is 1.30 bits per heavy atom. The minimum atomic E-state index is -1.16. The Hall–Kier alpha value is -1.22. The smallest absolute Gasteiger partial charge is 0.410 e. The van der Waals surface area contributed by atoms with Gasteiger partial charge in [-0.3, -0.25) is 5.32 Å². The number of nitrogens with zero attached hydrogens (tertiary/aromatic N) is 1. The first-order chi connectivity index (χ1) is 9.51. The van der Waals surface area contributed by atoms with E-state index in [1.54, 1.807) is 0 Å². The van der Waals surface area contributed by atoms with Gasteiger partial charge in [-0.25, -0.2) is 9.78 Å². The molecule has 0 unspecified atom stereocenters. The number of thiazole rings is 1. The molecule has 1 aromatic rings. The first-order valence-electron chi connectivity index (χ1n) is 6.48. The highest BCUT2D eigenvalue weighted by atomic mass is 32.1. The maximum atomic E-state index is 10.7. The first kappa shape index (κ1) is 13.7. The third-order valence-electron chi connectivity index (χ3n) is 3.83. The van der Waals surface area contributed by atoms with Gasteiger partial charge in [0, 0.05) is 19.0 Å². The lowest BCUT2D eigenvalue weighted by Gasteiger charge is -2.39. The second-order valence-electron chi connectivity index (χ2n) is 5.10. The maximum Gasteiger partial charge on any atom is 0.410 e. The first-order valence-corrected chi connectivity index (χ1v) is 7.30. The van der Waals surface area contributed by atoms with Crippen molar-refractivity contribution in [1.82, 2.24) is 4.98 Å². The van der Waals surface area contributed by atoms with Crippen LogP contribution in [0.3, 0.4) is 0 Å². The Morgan fingerprint density at radius 2 is 1.95 bits per heavy atom. The third kappa shape index (κ3) is 2.51. The molecule has 1 amide bonds. The number of nitrogens with one attached hydrogen (secondary N) is 1. The van der Waals surface area contributed by atoms with Crippen molar-refractivity contribution in [2.75, 3.05) is 18.5 Å². The Kier molecular flexibility index (Phi) is 3.41. The van der Waals surface area contributed by atoms with Gasteiger partial charge in [0.2, 0.25) is 0 Å². The Labute approximate surface area is 119 Å². The van der Waals surface area contributed by atoms with Crippen LogP contribution in [0.1, 0.15) is 30.6 Å². The zero-order chi connectivity index (χ0) is 14.2. The van der Waals surface area contributed by atoms with Crippen LogP contribution in [0.2, 0.25) is 0 Å². The molecule has 0 aromatic carbocycles. The van der Waals surface area contributed by atoms with Crippen molar-refractivity contribution in [2.45, 2.75) is 37.1 Å². The Balaban J connectivity index is 1.70. The second-order valence-corrected chi connectivity index (χ2v) is 6.13. The number of hydrogen-bond acceptors (Lipinski definition) is 6. The summed E-state index contributed by atoms with van der Waals surface area (Å²) in [5.74, 6) is -0.529. The summed E-state index contributed by atoms with van der Waals surface area (Å²) >= 11 is 1.16. The average molecular weight is 300 g/mol. The van der Waals surface area contributed by atoms with Gasteiger partial charge in [-0.2, -0.15) is 0 Å². The topological polar surface area (TPSA) is 101 Å². The number of carboxylic acid groups (broad SMARTS) is 1. The summed E-state index contributed by atoms with van der Waals surface area (Å²) in [7, 11) is 0.